The average Bonchev–Trinajstić information content (AvgIpc) is 3.15. The largest absolute Gasteiger partial charge is 0.361 e. The van der Waals surface area contributed by atoms with Gasteiger partial charge < -0.3 is 14.7 Å². The van der Waals surface area contributed by atoms with Crippen molar-refractivity contribution in [3.63, 3.8) is 0 Å². The number of aromatic nitrogens is 4. The van der Waals surface area contributed by atoms with Crippen LogP contribution < -0.4 is 11.0 Å². The highest BCUT2D eigenvalue weighted by molar-refractivity contribution is 5.73. The lowest BCUT2D eigenvalue weighted by Gasteiger charge is -2.16. The minimum atomic E-state index is -0.183. The van der Waals surface area contributed by atoms with Gasteiger partial charge in [-0.2, -0.15) is 5.10 Å². The van der Waals surface area contributed by atoms with Crippen molar-refractivity contribution in [3.8, 4) is 0 Å². The van der Waals surface area contributed by atoms with E-state index < -0.39 is 0 Å². The third-order valence-corrected chi connectivity index (χ3v) is 4.28. The molecular formula is C16H24N6O3. The van der Waals surface area contributed by atoms with Gasteiger partial charge in [0.1, 0.15) is 17.3 Å². The molecule has 2 aromatic heterocycles. The minimum Gasteiger partial charge on any atom is -0.361 e. The van der Waals surface area contributed by atoms with E-state index in [2.05, 4.69) is 15.6 Å². The normalized spacial score (nSPS) is 13.5. The zero-order valence-electron chi connectivity index (χ0n) is 14.7. The lowest BCUT2D eigenvalue weighted by atomic mass is 10.2. The van der Waals surface area contributed by atoms with Crippen LogP contribution in [0.15, 0.2) is 15.4 Å². The Hall–Kier alpha value is -2.58. The van der Waals surface area contributed by atoms with Crippen molar-refractivity contribution in [1.82, 2.24) is 29.7 Å². The molecule has 25 heavy (non-hydrogen) atoms. The number of carbonyl (C=O) groups excluding carboxylic acids is 1. The van der Waals surface area contributed by atoms with E-state index in [0.29, 0.717) is 31.7 Å². The summed E-state index contributed by atoms with van der Waals surface area (Å²) >= 11 is 0. The van der Waals surface area contributed by atoms with E-state index >= 15 is 0 Å². The van der Waals surface area contributed by atoms with Crippen LogP contribution in [0.4, 0.5) is 4.79 Å². The van der Waals surface area contributed by atoms with E-state index in [1.165, 1.54) is 4.68 Å². The van der Waals surface area contributed by atoms with Crippen LogP contribution in [0.25, 0.3) is 0 Å². The first-order valence-corrected chi connectivity index (χ1v) is 8.62. The van der Waals surface area contributed by atoms with Crippen molar-refractivity contribution in [2.45, 2.75) is 52.2 Å². The fraction of sp³-hybridized carbons (Fsp3) is 0.625. The van der Waals surface area contributed by atoms with Crippen LogP contribution in [0.5, 0.6) is 0 Å². The molecule has 3 rings (SSSR count). The van der Waals surface area contributed by atoms with Crippen LogP contribution in [0.1, 0.15) is 36.5 Å². The summed E-state index contributed by atoms with van der Waals surface area (Å²) in [5, 5.41) is 11.1. The molecule has 1 N–H and O–H groups in total. The standard InChI is InChI=1S/C16H24N6O3/c1-12-10-13(19-25-12)11-20(2)15(23)17-7-5-9-22-16(24)21-8-4-3-6-14(21)18-22/h10H,3-9,11H2,1-2H3,(H,17,23). The molecule has 0 unspecified atom stereocenters. The first kappa shape index (κ1) is 17.2. The van der Waals surface area contributed by atoms with E-state index in [0.717, 1.165) is 37.4 Å². The van der Waals surface area contributed by atoms with Gasteiger partial charge in [-0.1, -0.05) is 5.16 Å². The molecule has 136 valence electrons. The number of carbonyl (C=O) groups is 1. The fourth-order valence-electron chi connectivity index (χ4n) is 2.96. The van der Waals surface area contributed by atoms with Crippen molar-refractivity contribution in [3.05, 3.63) is 33.8 Å². The average molecular weight is 348 g/mol. The first-order chi connectivity index (χ1) is 12.0. The van der Waals surface area contributed by atoms with Gasteiger partial charge in [-0.15, -0.1) is 0 Å². The Kier molecular flexibility index (Phi) is 5.20. The predicted molar refractivity (Wildman–Crippen MR) is 90.1 cm³/mol. The van der Waals surface area contributed by atoms with Gasteiger partial charge in [0.15, 0.2) is 0 Å². The van der Waals surface area contributed by atoms with E-state index in [-0.39, 0.29) is 11.7 Å². The van der Waals surface area contributed by atoms with E-state index in [1.54, 1.807) is 22.6 Å². The Labute approximate surface area is 145 Å². The van der Waals surface area contributed by atoms with Crippen LogP contribution in [-0.2, 0) is 26.1 Å². The number of rotatable bonds is 6. The number of hydrogen-bond acceptors (Lipinski definition) is 5. The molecule has 0 bridgehead atoms. The zero-order valence-corrected chi connectivity index (χ0v) is 14.7. The quantitative estimate of drug-likeness (QED) is 0.783. The van der Waals surface area contributed by atoms with E-state index in [4.69, 9.17) is 4.52 Å². The fourth-order valence-corrected chi connectivity index (χ4v) is 2.96. The molecule has 0 aromatic carbocycles. The summed E-state index contributed by atoms with van der Waals surface area (Å²) in [5.74, 6) is 1.60. The molecule has 2 aromatic rings. The molecule has 0 atom stereocenters. The highest BCUT2D eigenvalue weighted by atomic mass is 16.5. The number of fused-ring (bicyclic) bond motifs is 1. The molecule has 0 fully saturated rings. The third kappa shape index (κ3) is 4.09. The molecule has 0 saturated carbocycles. The smallest absolute Gasteiger partial charge is 0.345 e. The third-order valence-electron chi connectivity index (χ3n) is 4.28. The summed E-state index contributed by atoms with van der Waals surface area (Å²) in [5.41, 5.74) is 0.671. The van der Waals surface area contributed by atoms with Crippen molar-refractivity contribution >= 4 is 6.03 Å². The van der Waals surface area contributed by atoms with Gasteiger partial charge in [0.25, 0.3) is 0 Å². The van der Waals surface area contributed by atoms with Crippen molar-refractivity contribution in [2.24, 2.45) is 0 Å². The second kappa shape index (κ2) is 7.54. The Balaban J connectivity index is 1.43. The Morgan fingerprint density at radius 2 is 2.28 bits per heavy atom. The number of urea groups is 1. The molecule has 2 amide bonds. The lowest BCUT2D eigenvalue weighted by Crippen LogP contribution is -2.37. The second-order valence-electron chi connectivity index (χ2n) is 6.40. The summed E-state index contributed by atoms with van der Waals surface area (Å²) in [4.78, 5) is 25.8. The van der Waals surface area contributed by atoms with Gasteiger partial charge in [0.2, 0.25) is 0 Å². The van der Waals surface area contributed by atoms with Crippen molar-refractivity contribution in [1.29, 1.82) is 0 Å². The van der Waals surface area contributed by atoms with Gasteiger partial charge in [-0.3, -0.25) is 4.57 Å². The summed E-state index contributed by atoms with van der Waals surface area (Å²) in [6.07, 6.45) is 3.64. The van der Waals surface area contributed by atoms with E-state index in [1.807, 2.05) is 6.92 Å². The molecule has 9 heteroatoms. The number of nitrogens with one attached hydrogen (secondary N) is 1. The minimum absolute atomic E-state index is 0.0421. The number of hydrogen-bond donors (Lipinski definition) is 1. The Morgan fingerprint density at radius 3 is 3.00 bits per heavy atom. The molecule has 1 aliphatic rings. The molecule has 0 spiro atoms. The summed E-state index contributed by atoms with van der Waals surface area (Å²) in [6.45, 7) is 3.95. The lowest BCUT2D eigenvalue weighted by molar-refractivity contribution is 0.205. The summed E-state index contributed by atoms with van der Waals surface area (Å²) in [7, 11) is 1.70. The Morgan fingerprint density at radius 1 is 1.44 bits per heavy atom. The van der Waals surface area contributed by atoms with Crippen LogP contribution in [0.3, 0.4) is 0 Å². The maximum Gasteiger partial charge on any atom is 0.345 e. The molecule has 0 aliphatic carbocycles. The van der Waals surface area contributed by atoms with Crippen molar-refractivity contribution in [2.75, 3.05) is 13.6 Å². The highest BCUT2D eigenvalue weighted by Crippen LogP contribution is 2.09. The van der Waals surface area contributed by atoms with Gasteiger partial charge in [0, 0.05) is 39.2 Å². The molecule has 0 radical (unpaired) electrons. The zero-order chi connectivity index (χ0) is 17.8. The molecular weight excluding hydrogens is 324 g/mol. The van der Waals surface area contributed by atoms with Gasteiger partial charge >= 0.3 is 11.7 Å². The summed E-state index contributed by atoms with van der Waals surface area (Å²) in [6, 6.07) is 1.62. The second-order valence-corrected chi connectivity index (χ2v) is 6.40. The molecule has 9 nitrogen and oxygen atoms in total. The van der Waals surface area contributed by atoms with E-state index in [9.17, 15) is 9.59 Å². The first-order valence-electron chi connectivity index (χ1n) is 8.62. The predicted octanol–water partition coefficient (Wildman–Crippen LogP) is 0.909. The maximum absolute atomic E-state index is 12.2. The molecule has 1 aliphatic heterocycles. The van der Waals surface area contributed by atoms with Gasteiger partial charge in [0.05, 0.1) is 6.54 Å². The van der Waals surface area contributed by atoms with Gasteiger partial charge in [-0.05, 0) is 26.2 Å². The van der Waals surface area contributed by atoms with Crippen LogP contribution >= 0.6 is 0 Å². The topological polar surface area (TPSA) is 98.2 Å². The monoisotopic (exact) mass is 348 g/mol. The van der Waals surface area contributed by atoms with Crippen LogP contribution in [-0.4, -0.2) is 44.0 Å². The maximum atomic E-state index is 12.2. The number of amides is 2. The Bertz CT molecular complexity index is 790. The highest BCUT2D eigenvalue weighted by Gasteiger charge is 2.16. The SMILES string of the molecule is Cc1cc(CN(C)C(=O)NCCCn2nc3n(c2=O)CCCC3)no1. The van der Waals surface area contributed by atoms with Crippen LogP contribution in [0.2, 0.25) is 0 Å². The molecule has 0 saturated heterocycles. The summed E-state index contributed by atoms with van der Waals surface area (Å²) < 4.78 is 8.26. The number of aryl methyl sites for hydroxylation is 3. The van der Waals surface area contributed by atoms with Crippen molar-refractivity contribution < 1.29 is 9.32 Å². The number of nitrogens with zero attached hydrogens (tertiary/aromatic N) is 5. The van der Waals surface area contributed by atoms with Crippen LogP contribution in [0, 0.1) is 6.92 Å². The van der Waals surface area contributed by atoms with Gasteiger partial charge in [-0.25, -0.2) is 14.3 Å². The molecule has 3 heterocycles.